The number of likely N-dealkylation sites (tertiary alicyclic amines) is 1. The molecule has 0 saturated carbocycles. The highest BCUT2D eigenvalue weighted by Crippen LogP contribution is 2.29. The summed E-state index contributed by atoms with van der Waals surface area (Å²) >= 11 is 6.23. The predicted molar refractivity (Wildman–Crippen MR) is 142 cm³/mol. The topological polar surface area (TPSA) is 116 Å². The van der Waals surface area contributed by atoms with Crippen molar-refractivity contribution in [3.05, 3.63) is 47.4 Å². The molecule has 1 aromatic carbocycles. The van der Waals surface area contributed by atoms with E-state index in [0.29, 0.717) is 37.4 Å². The Labute approximate surface area is 222 Å². The third kappa shape index (κ3) is 6.00. The Balaban J connectivity index is 1.60. The van der Waals surface area contributed by atoms with E-state index in [1.165, 1.54) is 6.20 Å². The number of fused-ring (bicyclic) bond motifs is 1. The minimum atomic E-state index is -3.89. The van der Waals surface area contributed by atoms with Gasteiger partial charge in [-0.2, -0.15) is 4.98 Å². The van der Waals surface area contributed by atoms with Gasteiger partial charge in [0.15, 0.2) is 5.65 Å². The molecule has 2 unspecified atom stereocenters. The molecule has 12 heteroatoms. The number of nitrogens with zero attached hydrogens (tertiary/aromatic N) is 4. The zero-order valence-corrected chi connectivity index (χ0v) is 22.8. The lowest BCUT2D eigenvalue weighted by atomic mass is 9.99. The van der Waals surface area contributed by atoms with Crippen LogP contribution in [0.3, 0.4) is 0 Å². The van der Waals surface area contributed by atoms with Crippen LogP contribution in [0.25, 0.3) is 11.0 Å². The molecule has 200 valence electrons. The fourth-order valence-electron chi connectivity index (χ4n) is 4.41. The number of methoxy groups -OCH3 is 1. The maximum Gasteiger partial charge on any atom is 0.410 e. The minimum Gasteiger partial charge on any atom is -0.449 e. The van der Waals surface area contributed by atoms with E-state index >= 15 is 0 Å². The number of aromatic nitrogens is 3. The Morgan fingerprint density at radius 2 is 1.95 bits per heavy atom. The monoisotopic (exact) mass is 549 g/mol. The van der Waals surface area contributed by atoms with Crippen molar-refractivity contribution in [3.8, 4) is 0 Å². The van der Waals surface area contributed by atoms with Crippen LogP contribution in [0.5, 0.6) is 0 Å². The molecule has 10 nitrogen and oxygen atoms in total. The van der Waals surface area contributed by atoms with E-state index < -0.39 is 10.0 Å². The molecule has 1 aliphatic rings. The number of hydrogen-bond acceptors (Lipinski definition) is 8. The molecule has 0 aliphatic carbocycles. The van der Waals surface area contributed by atoms with Crippen molar-refractivity contribution in [3.63, 3.8) is 0 Å². The van der Waals surface area contributed by atoms with Gasteiger partial charge in [-0.3, -0.25) is 0 Å². The number of halogens is 1. The summed E-state index contributed by atoms with van der Waals surface area (Å²) in [5, 5.41) is 3.78. The molecule has 37 heavy (non-hydrogen) atoms. The average Bonchev–Trinajstić information content (AvgIpc) is 3.30. The van der Waals surface area contributed by atoms with Gasteiger partial charge in [-0.15, -0.1) is 0 Å². The number of anilines is 1. The standard InChI is InChI=1S/C25H32ClN5O5S/c1-4-5-14-36-25(32)30-15-18(8-9-19(30)16-35-3)27-22-21-12-13-31(23(21)29-24(26)28-22)37(33,34)20-10-6-17(2)7-11-20/h6-7,10-13,18-19H,4-5,8-9,14-16H2,1-3H3,(H,27,28,29). The molecule has 3 heterocycles. The Morgan fingerprint density at radius 1 is 1.19 bits per heavy atom. The maximum absolute atomic E-state index is 13.3. The maximum atomic E-state index is 13.3. The molecule has 2 aromatic heterocycles. The predicted octanol–water partition coefficient (Wildman–Crippen LogP) is 4.46. The van der Waals surface area contributed by atoms with E-state index in [2.05, 4.69) is 15.3 Å². The molecule has 1 fully saturated rings. The fourth-order valence-corrected chi connectivity index (χ4v) is 5.87. The van der Waals surface area contributed by atoms with Gasteiger partial charge in [-0.1, -0.05) is 31.0 Å². The molecule has 1 amide bonds. The smallest absolute Gasteiger partial charge is 0.410 e. The third-order valence-corrected chi connectivity index (χ3v) is 8.27. The largest absolute Gasteiger partial charge is 0.449 e. The number of piperidine rings is 1. The van der Waals surface area contributed by atoms with Gasteiger partial charge in [-0.25, -0.2) is 22.2 Å². The lowest BCUT2D eigenvalue weighted by Crippen LogP contribution is -2.52. The molecule has 1 aliphatic heterocycles. The lowest BCUT2D eigenvalue weighted by molar-refractivity contribution is 0.0395. The normalized spacial score (nSPS) is 18.2. The van der Waals surface area contributed by atoms with E-state index in [0.717, 1.165) is 28.8 Å². The van der Waals surface area contributed by atoms with Crippen LogP contribution in [0.2, 0.25) is 5.28 Å². The zero-order valence-electron chi connectivity index (χ0n) is 21.2. The van der Waals surface area contributed by atoms with Gasteiger partial charge in [-0.05, 0) is 56.0 Å². The number of unbranched alkanes of at least 4 members (excludes halogenated alkanes) is 1. The fraction of sp³-hybridized carbons (Fsp3) is 0.480. The third-order valence-electron chi connectivity index (χ3n) is 6.43. The van der Waals surface area contributed by atoms with Crippen LogP contribution in [0, 0.1) is 6.92 Å². The number of rotatable bonds is 9. The second kappa shape index (κ2) is 11.7. The van der Waals surface area contributed by atoms with Gasteiger partial charge in [0.25, 0.3) is 10.0 Å². The first kappa shape index (κ1) is 27.2. The molecule has 0 bridgehead atoms. The number of aryl methyl sites for hydroxylation is 1. The minimum absolute atomic E-state index is 0.0852. The van der Waals surface area contributed by atoms with Gasteiger partial charge in [0.05, 0.1) is 29.5 Å². The molecule has 1 saturated heterocycles. The van der Waals surface area contributed by atoms with Crippen molar-refractivity contribution in [1.82, 2.24) is 18.8 Å². The number of ether oxygens (including phenoxy) is 2. The molecule has 4 rings (SSSR count). The van der Waals surface area contributed by atoms with Crippen LogP contribution in [0.1, 0.15) is 38.2 Å². The first-order valence-corrected chi connectivity index (χ1v) is 14.1. The summed E-state index contributed by atoms with van der Waals surface area (Å²) in [6.07, 6.45) is 4.27. The first-order chi connectivity index (χ1) is 17.7. The Morgan fingerprint density at radius 3 is 2.65 bits per heavy atom. The summed E-state index contributed by atoms with van der Waals surface area (Å²) in [5.74, 6) is 0.405. The van der Waals surface area contributed by atoms with Gasteiger partial charge in [0, 0.05) is 25.9 Å². The van der Waals surface area contributed by atoms with Crippen molar-refractivity contribution in [2.24, 2.45) is 0 Å². The molecule has 2 atom stereocenters. The van der Waals surface area contributed by atoms with E-state index in [4.69, 9.17) is 21.1 Å². The Hall–Kier alpha value is -2.89. The Kier molecular flexibility index (Phi) is 8.56. The molecule has 3 aromatic rings. The SMILES string of the molecule is CCCCOC(=O)N1CC(Nc2nc(Cl)nc3c2ccn3S(=O)(=O)c2ccc(C)cc2)CCC1COC. The van der Waals surface area contributed by atoms with Crippen LogP contribution < -0.4 is 5.32 Å². The number of nitrogens with one attached hydrogen (secondary N) is 1. The van der Waals surface area contributed by atoms with Gasteiger partial charge in [0.2, 0.25) is 5.28 Å². The zero-order chi connectivity index (χ0) is 26.6. The van der Waals surface area contributed by atoms with E-state index in [1.54, 1.807) is 42.3 Å². The summed E-state index contributed by atoms with van der Waals surface area (Å²) in [6, 6.07) is 8.01. The second-order valence-corrected chi connectivity index (χ2v) is 11.3. The van der Waals surface area contributed by atoms with Crippen LogP contribution in [0.4, 0.5) is 10.6 Å². The van der Waals surface area contributed by atoms with Crippen LogP contribution in [-0.2, 0) is 19.5 Å². The summed E-state index contributed by atoms with van der Waals surface area (Å²) < 4.78 is 38.5. The molecular formula is C25H32ClN5O5S. The first-order valence-electron chi connectivity index (χ1n) is 12.3. The van der Waals surface area contributed by atoms with Crippen molar-refractivity contribution in [2.75, 3.05) is 32.2 Å². The van der Waals surface area contributed by atoms with Crippen molar-refractivity contribution < 1.29 is 22.7 Å². The molecule has 1 N–H and O–H groups in total. The number of carbonyl (C=O) groups is 1. The highest BCUT2D eigenvalue weighted by atomic mass is 35.5. The Bertz CT molecular complexity index is 1350. The molecular weight excluding hydrogens is 518 g/mol. The molecule has 0 spiro atoms. The number of carbonyl (C=O) groups excluding carboxylic acids is 1. The number of hydrogen-bond donors (Lipinski definition) is 1. The van der Waals surface area contributed by atoms with Gasteiger partial charge in [0.1, 0.15) is 5.82 Å². The van der Waals surface area contributed by atoms with Crippen molar-refractivity contribution in [2.45, 2.75) is 56.5 Å². The van der Waals surface area contributed by atoms with Crippen molar-refractivity contribution in [1.29, 1.82) is 0 Å². The average molecular weight is 550 g/mol. The van der Waals surface area contributed by atoms with E-state index in [-0.39, 0.29) is 34.0 Å². The quantitative estimate of drug-likeness (QED) is 0.307. The summed E-state index contributed by atoms with van der Waals surface area (Å²) in [5.41, 5.74) is 1.13. The van der Waals surface area contributed by atoms with E-state index in [9.17, 15) is 13.2 Å². The second-order valence-electron chi connectivity index (χ2n) is 9.16. The highest BCUT2D eigenvalue weighted by molar-refractivity contribution is 7.90. The summed E-state index contributed by atoms with van der Waals surface area (Å²) in [4.78, 5) is 23.2. The number of benzene rings is 1. The van der Waals surface area contributed by atoms with Crippen LogP contribution >= 0.6 is 11.6 Å². The van der Waals surface area contributed by atoms with E-state index in [1.807, 2.05) is 13.8 Å². The van der Waals surface area contributed by atoms with Gasteiger partial charge < -0.3 is 19.7 Å². The molecule has 0 radical (unpaired) electrons. The van der Waals surface area contributed by atoms with Crippen LogP contribution in [-0.4, -0.2) is 72.3 Å². The summed E-state index contributed by atoms with van der Waals surface area (Å²) in [6.45, 7) is 5.09. The van der Waals surface area contributed by atoms with Crippen molar-refractivity contribution >= 4 is 44.6 Å². The van der Waals surface area contributed by atoms with Gasteiger partial charge >= 0.3 is 6.09 Å². The lowest BCUT2D eigenvalue weighted by Gasteiger charge is -2.39. The number of amides is 1. The summed E-state index contributed by atoms with van der Waals surface area (Å²) in [7, 11) is -2.28. The highest BCUT2D eigenvalue weighted by Gasteiger charge is 2.33. The van der Waals surface area contributed by atoms with Crippen LogP contribution in [0.15, 0.2) is 41.4 Å².